The number of esters is 1. The van der Waals surface area contributed by atoms with Crippen molar-refractivity contribution in [1.82, 2.24) is 4.90 Å². The third-order valence-electron chi connectivity index (χ3n) is 7.58. The number of rotatable bonds is 8. The first kappa shape index (κ1) is 26.5. The van der Waals surface area contributed by atoms with E-state index in [0.29, 0.717) is 24.1 Å². The number of fused-ring (bicyclic) bond motifs is 1. The highest BCUT2D eigenvalue weighted by molar-refractivity contribution is 7.80. The van der Waals surface area contributed by atoms with E-state index in [9.17, 15) is 4.79 Å². The quantitative estimate of drug-likeness (QED) is 0.313. The van der Waals surface area contributed by atoms with Gasteiger partial charge in [-0.2, -0.15) is 0 Å². The second kappa shape index (κ2) is 12.6. The molecule has 0 aromatic heterocycles. The lowest BCUT2D eigenvalue weighted by Crippen LogP contribution is -2.46. The van der Waals surface area contributed by atoms with Crippen LogP contribution < -0.4 is 10.2 Å². The molecule has 0 spiro atoms. The summed E-state index contributed by atoms with van der Waals surface area (Å²) in [5.74, 6) is 0.302. The van der Waals surface area contributed by atoms with Gasteiger partial charge >= 0.3 is 5.97 Å². The van der Waals surface area contributed by atoms with E-state index >= 15 is 0 Å². The van der Waals surface area contributed by atoms with Crippen LogP contribution in [0.4, 0.5) is 11.4 Å². The van der Waals surface area contributed by atoms with Crippen LogP contribution in [0.15, 0.2) is 42.5 Å². The molecule has 2 atom stereocenters. The van der Waals surface area contributed by atoms with E-state index in [2.05, 4.69) is 47.2 Å². The Labute approximate surface area is 222 Å². The average molecular weight is 508 g/mol. The molecule has 2 aliphatic rings. The van der Waals surface area contributed by atoms with Crippen LogP contribution in [0.25, 0.3) is 0 Å². The maximum Gasteiger partial charge on any atom is 0.338 e. The lowest BCUT2D eigenvalue weighted by atomic mass is 9.84. The van der Waals surface area contributed by atoms with E-state index in [-0.39, 0.29) is 5.97 Å². The van der Waals surface area contributed by atoms with E-state index in [1.807, 2.05) is 19.1 Å². The molecule has 1 fully saturated rings. The Morgan fingerprint density at radius 1 is 1.11 bits per heavy atom. The van der Waals surface area contributed by atoms with E-state index in [1.54, 1.807) is 12.1 Å². The SMILES string of the molecule is CCCN1CCCc2cc(CN(C(=S)Nc3ccc(C(=O)OCC)cc3)[C@H]3CCCC[C@@H]3C)ccc21. The Morgan fingerprint density at radius 2 is 1.89 bits per heavy atom. The number of ether oxygens (including phenoxy) is 1. The first-order valence-corrected chi connectivity index (χ1v) is 14.1. The average Bonchev–Trinajstić information content (AvgIpc) is 2.88. The molecule has 5 nitrogen and oxygen atoms in total. The minimum atomic E-state index is -0.297. The number of thiocarbonyl (C=S) groups is 1. The summed E-state index contributed by atoms with van der Waals surface area (Å²) in [6, 6.07) is 14.9. The van der Waals surface area contributed by atoms with Gasteiger partial charge in [0.05, 0.1) is 12.2 Å². The lowest BCUT2D eigenvalue weighted by molar-refractivity contribution is 0.0526. The standard InChI is InChI=1S/C30H41N3O2S/c1-4-18-32-19-8-10-25-20-23(12-17-28(25)32)21-33(27-11-7-6-9-22(27)3)30(36)31-26-15-13-24(14-16-26)29(34)35-5-2/h12-17,20,22,27H,4-11,18-19,21H2,1-3H3,(H,31,36)/t22-,27-/m0/s1. The van der Waals surface area contributed by atoms with Crippen LogP contribution in [0, 0.1) is 5.92 Å². The third kappa shape index (κ3) is 6.39. The fraction of sp³-hybridized carbons (Fsp3) is 0.533. The van der Waals surface area contributed by atoms with Crippen molar-refractivity contribution in [2.24, 2.45) is 5.92 Å². The van der Waals surface area contributed by atoms with Crippen LogP contribution >= 0.6 is 12.2 Å². The zero-order valence-electron chi connectivity index (χ0n) is 22.1. The van der Waals surface area contributed by atoms with Crippen LogP contribution in [0.3, 0.4) is 0 Å². The van der Waals surface area contributed by atoms with E-state index < -0.39 is 0 Å². The maximum atomic E-state index is 12.0. The number of nitrogens with zero attached hydrogens (tertiary/aromatic N) is 2. The molecule has 4 rings (SSSR count). The van der Waals surface area contributed by atoms with Gasteiger partial charge in [-0.05, 0) is 98.6 Å². The fourth-order valence-corrected chi connectivity index (χ4v) is 6.04. The van der Waals surface area contributed by atoms with Crippen molar-refractivity contribution in [2.75, 3.05) is 29.9 Å². The second-order valence-electron chi connectivity index (χ2n) is 10.2. The summed E-state index contributed by atoms with van der Waals surface area (Å²) >= 11 is 6.01. The van der Waals surface area contributed by atoms with Crippen molar-refractivity contribution in [2.45, 2.75) is 78.3 Å². The van der Waals surface area contributed by atoms with Crippen molar-refractivity contribution in [3.63, 3.8) is 0 Å². The first-order chi connectivity index (χ1) is 17.5. The van der Waals surface area contributed by atoms with E-state index in [1.165, 1.54) is 55.3 Å². The summed E-state index contributed by atoms with van der Waals surface area (Å²) in [5.41, 5.74) is 5.65. The zero-order chi connectivity index (χ0) is 25.5. The molecule has 36 heavy (non-hydrogen) atoms. The third-order valence-corrected chi connectivity index (χ3v) is 7.92. The summed E-state index contributed by atoms with van der Waals surface area (Å²) in [4.78, 5) is 17.0. The van der Waals surface area contributed by atoms with E-state index in [4.69, 9.17) is 17.0 Å². The largest absolute Gasteiger partial charge is 0.462 e. The van der Waals surface area contributed by atoms with Gasteiger partial charge in [0, 0.05) is 37.1 Å². The number of benzene rings is 2. The number of hydrogen-bond acceptors (Lipinski definition) is 4. The molecule has 6 heteroatoms. The molecule has 0 unspecified atom stereocenters. The van der Waals surface area contributed by atoms with Gasteiger partial charge in [0.1, 0.15) is 0 Å². The van der Waals surface area contributed by atoms with Crippen molar-refractivity contribution in [1.29, 1.82) is 0 Å². The predicted octanol–water partition coefficient (Wildman–Crippen LogP) is 6.80. The highest BCUT2D eigenvalue weighted by atomic mass is 32.1. The van der Waals surface area contributed by atoms with Crippen molar-refractivity contribution in [3.8, 4) is 0 Å². The molecule has 1 heterocycles. The molecule has 0 amide bonds. The van der Waals surface area contributed by atoms with Crippen molar-refractivity contribution >= 4 is 34.7 Å². The predicted molar refractivity (Wildman–Crippen MR) is 153 cm³/mol. The van der Waals surface area contributed by atoms with Crippen LogP contribution in [-0.4, -0.2) is 41.7 Å². The summed E-state index contributed by atoms with van der Waals surface area (Å²) < 4.78 is 5.11. The molecule has 1 aliphatic heterocycles. The Balaban J connectivity index is 1.53. The molecule has 0 radical (unpaired) electrons. The van der Waals surface area contributed by atoms with Crippen molar-refractivity contribution < 1.29 is 9.53 Å². The summed E-state index contributed by atoms with van der Waals surface area (Å²) in [6.45, 7) is 9.90. The van der Waals surface area contributed by atoms with Gasteiger partial charge in [-0.25, -0.2) is 4.79 Å². The minimum Gasteiger partial charge on any atom is -0.462 e. The fourth-order valence-electron chi connectivity index (χ4n) is 5.72. The van der Waals surface area contributed by atoms with Gasteiger partial charge in [0.15, 0.2) is 5.11 Å². The molecule has 2 aromatic rings. The summed E-state index contributed by atoms with van der Waals surface area (Å²) in [6.07, 6.45) is 8.51. The van der Waals surface area contributed by atoms with Gasteiger partial charge in [-0.1, -0.05) is 38.8 Å². The van der Waals surface area contributed by atoms with Gasteiger partial charge in [-0.15, -0.1) is 0 Å². The molecule has 2 aromatic carbocycles. The van der Waals surface area contributed by atoms with Gasteiger partial charge in [-0.3, -0.25) is 0 Å². The van der Waals surface area contributed by atoms with Gasteiger partial charge < -0.3 is 19.9 Å². The van der Waals surface area contributed by atoms with E-state index in [0.717, 1.165) is 36.9 Å². The highest BCUT2D eigenvalue weighted by Gasteiger charge is 2.29. The monoisotopic (exact) mass is 507 g/mol. The maximum absolute atomic E-state index is 12.0. The molecular formula is C30H41N3O2S. The van der Waals surface area contributed by atoms with Crippen molar-refractivity contribution in [3.05, 3.63) is 59.2 Å². The van der Waals surface area contributed by atoms with Crippen LogP contribution in [0.5, 0.6) is 0 Å². The molecule has 0 saturated heterocycles. The van der Waals surface area contributed by atoms with Gasteiger partial charge in [0.2, 0.25) is 0 Å². The zero-order valence-corrected chi connectivity index (χ0v) is 22.9. The molecule has 194 valence electrons. The second-order valence-corrected chi connectivity index (χ2v) is 10.6. The van der Waals surface area contributed by atoms with Gasteiger partial charge in [0.25, 0.3) is 0 Å². The molecule has 1 saturated carbocycles. The minimum absolute atomic E-state index is 0.297. The van der Waals surface area contributed by atoms with Crippen LogP contribution in [-0.2, 0) is 17.7 Å². The Hall–Kier alpha value is -2.60. The molecule has 1 N–H and O–H groups in total. The topological polar surface area (TPSA) is 44.8 Å². The lowest BCUT2D eigenvalue weighted by Gasteiger charge is -2.40. The number of hydrogen-bond donors (Lipinski definition) is 1. The Kier molecular flexibility index (Phi) is 9.24. The number of anilines is 2. The molecule has 1 aliphatic carbocycles. The summed E-state index contributed by atoms with van der Waals surface area (Å²) in [5, 5.41) is 4.21. The van der Waals surface area contributed by atoms with Crippen LogP contribution in [0.1, 0.15) is 80.8 Å². The number of aryl methyl sites for hydroxylation is 1. The molecular weight excluding hydrogens is 466 g/mol. The number of carbonyl (C=O) groups is 1. The summed E-state index contributed by atoms with van der Waals surface area (Å²) in [7, 11) is 0. The normalized spacial score (nSPS) is 19.4. The van der Waals surface area contributed by atoms with Crippen LogP contribution in [0.2, 0.25) is 0 Å². The number of nitrogens with one attached hydrogen (secondary N) is 1. The Bertz CT molecular complexity index is 1040. The highest BCUT2D eigenvalue weighted by Crippen LogP contribution is 2.32. The number of carbonyl (C=O) groups excluding carboxylic acids is 1. The first-order valence-electron chi connectivity index (χ1n) is 13.7. The smallest absolute Gasteiger partial charge is 0.338 e. The Morgan fingerprint density at radius 3 is 2.61 bits per heavy atom. The molecule has 0 bridgehead atoms.